The molecule has 2 heterocycles. The number of pyridine rings is 2. The number of aromatic nitrogens is 2. The number of nitrogens with zero attached hydrogens (tertiary/aromatic N) is 4. The Labute approximate surface area is 171 Å². The number of carbonyl (C=O) groups is 1. The summed E-state index contributed by atoms with van der Waals surface area (Å²) in [5.74, 6) is -1.20. The SMILES string of the molecule is O=C(N=c1ccccn1Cc1ccc(Cl)nc1)C1([N+](=O)[O-])CC1c1ccccc1. The number of benzene rings is 1. The van der Waals surface area contributed by atoms with E-state index in [1.54, 1.807) is 53.4 Å². The van der Waals surface area contributed by atoms with Gasteiger partial charge in [0.2, 0.25) is 0 Å². The van der Waals surface area contributed by atoms with Gasteiger partial charge >= 0.3 is 11.4 Å². The summed E-state index contributed by atoms with van der Waals surface area (Å²) in [4.78, 5) is 32.4. The van der Waals surface area contributed by atoms with Crippen LogP contribution in [-0.2, 0) is 11.3 Å². The molecule has 2 aromatic heterocycles. The predicted octanol–water partition coefficient (Wildman–Crippen LogP) is 3.22. The highest BCUT2D eigenvalue weighted by Gasteiger charge is 2.72. The number of nitro groups is 1. The van der Waals surface area contributed by atoms with Gasteiger partial charge in [-0.25, -0.2) is 4.98 Å². The normalized spacial score (nSPS) is 21.0. The summed E-state index contributed by atoms with van der Waals surface area (Å²) in [7, 11) is 0. The van der Waals surface area contributed by atoms with E-state index in [-0.39, 0.29) is 6.42 Å². The first-order valence-corrected chi connectivity index (χ1v) is 9.43. The third-order valence-corrected chi connectivity index (χ3v) is 5.33. The van der Waals surface area contributed by atoms with Crippen molar-refractivity contribution in [2.45, 2.75) is 24.4 Å². The molecule has 7 nitrogen and oxygen atoms in total. The van der Waals surface area contributed by atoms with E-state index < -0.39 is 22.3 Å². The summed E-state index contributed by atoms with van der Waals surface area (Å²) >= 11 is 5.82. The summed E-state index contributed by atoms with van der Waals surface area (Å²) in [6.07, 6.45) is 3.56. The molecular weight excluding hydrogens is 392 g/mol. The maximum atomic E-state index is 12.9. The number of carbonyl (C=O) groups excluding carboxylic acids is 1. The van der Waals surface area contributed by atoms with Crippen LogP contribution in [0.25, 0.3) is 0 Å². The van der Waals surface area contributed by atoms with Gasteiger partial charge in [-0.15, -0.1) is 0 Å². The van der Waals surface area contributed by atoms with Crippen molar-refractivity contribution in [3.8, 4) is 0 Å². The Morgan fingerprint density at radius 3 is 2.66 bits per heavy atom. The first-order valence-electron chi connectivity index (χ1n) is 9.05. The van der Waals surface area contributed by atoms with Crippen molar-refractivity contribution in [3.63, 3.8) is 0 Å². The van der Waals surface area contributed by atoms with Crippen LogP contribution in [0.4, 0.5) is 0 Å². The Kier molecular flexibility index (Phi) is 4.98. The molecule has 2 atom stereocenters. The molecule has 0 saturated heterocycles. The molecule has 1 saturated carbocycles. The fourth-order valence-electron chi connectivity index (χ4n) is 3.45. The maximum absolute atomic E-state index is 12.9. The summed E-state index contributed by atoms with van der Waals surface area (Å²) in [5.41, 5.74) is 0.303. The van der Waals surface area contributed by atoms with Gasteiger partial charge in [-0.2, -0.15) is 4.99 Å². The Balaban J connectivity index is 1.66. The van der Waals surface area contributed by atoms with Crippen LogP contribution in [-0.4, -0.2) is 25.9 Å². The molecule has 0 spiro atoms. The molecule has 0 N–H and O–H groups in total. The molecule has 0 radical (unpaired) electrons. The van der Waals surface area contributed by atoms with E-state index in [4.69, 9.17) is 11.6 Å². The monoisotopic (exact) mass is 408 g/mol. The van der Waals surface area contributed by atoms with Crippen molar-refractivity contribution < 1.29 is 9.72 Å². The first-order chi connectivity index (χ1) is 14.0. The third-order valence-electron chi connectivity index (χ3n) is 5.10. The van der Waals surface area contributed by atoms with Crippen molar-refractivity contribution in [2.24, 2.45) is 4.99 Å². The van der Waals surface area contributed by atoms with Crippen LogP contribution < -0.4 is 5.49 Å². The predicted molar refractivity (Wildman–Crippen MR) is 107 cm³/mol. The molecule has 1 aliphatic rings. The molecular formula is C21H17ClN4O3. The van der Waals surface area contributed by atoms with Crippen molar-refractivity contribution in [1.82, 2.24) is 9.55 Å². The third kappa shape index (κ3) is 3.69. The van der Waals surface area contributed by atoms with Crippen molar-refractivity contribution in [2.75, 3.05) is 0 Å². The Morgan fingerprint density at radius 1 is 1.21 bits per heavy atom. The largest absolute Gasteiger partial charge is 0.328 e. The first kappa shape index (κ1) is 19.0. The fourth-order valence-corrected chi connectivity index (χ4v) is 3.56. The second-order valence-corrected chi connectivity index (χ2v) is 7.33. The zero-order chi connectivity index (χ0) is 20.4. The van der Waals surface area contributed by atoms with E-state index >= 15 is 0 Å². The topological polar surface area (TPSA) is 90.4 Å². The van der Waals surface area contributed by atoms with Crippen LogP contribution in [0.15, 0.2) is 78.0 Å². The molecule has 3 aromatic rings. The smallest absolute Gasteiger partial charge is 0.326 e. The van der Waals surface area contributed by atoms with Crippen molar-refractivity contribution in [1.29, 1.82) is 0 Å². The minimum Gasteiger partial charge on any atom is -0.328 e. The molecule has 0 bridgehead atoms. The van der Waals surface area contributed by atoms with E-state index in [2.05, 4.69) is 9.98 Å². The molecule has 29 heavy (non-hydrogen) atoms. The van der Waals surface area contributed by atoms with Gasteiger partial charge in [0.05, 0.1) is 12.5 Å². The molecule has 0 aliphatic heterocycles. The van der Waals surface area contributed by atoms with Crippen LogP contribution in [0.1, 0.15) is 23.5 Å². The lowest BCUT2D eigenvalue weighted by Gasteiger charge is -2.09. The molecule has 2 unspecified atom stereocenters. The highest BCUT2D eigenvalue weighted by molar-refractivity contribution is 6.29. The molecule has 1 fully saturated rings. The summed E-state index contributed by atoms with van der Waals surface area (Å²) < 4.78 is 1.75. The van der Waals surface area contributed by atoms with E-state index in [1.807, 2.05) is 24.3 Å². The lowest BCUT2D eigenvalue weighted by molar-refractivity contribution is -0.523. The highest BCUT2D eigenvalue weighted by atomic mass is 35.5. The minimum absolute atomic E-state index is 0.153. The molecule has 1 aliphatic carbocycles. The van der Waals surface area contributed by atoms with E-state index in [9.17, 15) is 14.9 Å². The maximum Gasteiger partial charge on any atom is 0.326 e. The van der Waals surface area contributed by atoms with Gasteiger partial charge in [0, 0.05) is 23.7 Å². The van der Waals surface area contributed by atoms with E-state index in [0.717, 1.165) is 11.1 Å². The minimum atomic E-state index is -1.70. The quantitative estimate of drug-likeness (QED) is 0.368. The van der Waals surface area contributed by atoms with Crippen molar-refractivity contribution in [3.05, 3.63) is 105 Å². The number of halogens is 1. The van der Waals surface area contributed by atoms with Crippen LogP contribution in [0.5, 0.6) is 0 Å². The Morgan fingerprint density at radius 2 is 1.97 bits per heavy atom. The molecule has 8 heteroatoms. The molecule has 4 rings (SSSR count). The average Bonchev–Trinajstić information content (AvgIpc) is 3.49. The van der Waals surface area contributed by atoms with Crippen LogP contribution in [0.2, 0.25) is 5.15 Å². The van der Waals surface area contributed by atoms with Gasteiger partial charge in [-0.05, 0) is 29.3 Å². The average molecular weight is 409 g/mol. The fraction of sp³-hybridized carbons (Fsp3) is 0.190. The number of amides is 1. The van der Waals surface area contributed by atoms with Gasteiger partial charge in [-0.3, -0.25) is 14.9 Å². The number of hydrogen-bond donors (Lipinski definition) is 0. The Bertz CT molecular complexity index is 1130. The Hall–Kier alpha value is -3.32. The van der Waals surface area contributed by atoms with Gasteiger partial charge in [0.25, 0.3) is 0 Å². The second kappa shape index (κ2) is 7.60. The zero-order valence-corrected chi connectivity index (χ0v) is 16.1. The summed E-state index contributed by atoms with van der Waals surface area (Å²) in [6.45, 7) is 0.407. The lowest BCUT2D eigenvalue weighted by atomic mass is 10.1. The van der Waals surface area contributed by atoms with Crippen LogP contribution >= 0.6 is 11.6 Å². The van der Waals surface area contributed by atoms with E-state index in [1.165, 1.54) is 0 Å². The van der Waals surface area contributed by atoms with Crippen molar-refractivity contribution >= 4 is 17.5 Å². The summed E-state index contributed by atoms with van der Waals surface area (Å²) in [5, 5.41) is 12.2. The van der Waals surface area contributed by atoms with Gasteiger partial charge in [-0.1, -0.05) is 54.1 Å². The molecule has 1 aromatic carbocycles. The van der Waals surface area contributed by atoms with Gasteiger partial charge < -0.3 is 4.57 Å². The molecule has 1 amide bonds. The number of hydrogen-bond acceptors (Lipinski definition) is 4. The molecule has 146 valence electrons. The van der Waals surface area contributed by atoms with Crippen LogP contribution in [0, 0.1) is 10.1 Å². The zero-order valence-electron chi connectivity index (χ0n) is 15.3. The van der Waals surface area contributed by atoms with Crippen LogP contribution in [0.3, 0.4) is 0 Å². The lowest BCUT2D eigenvalue weighted by Crippen LogP contribution is -2.35. The second-order valence-electron chi connectivity index (χ2n) is 6.94. The van der Waals surface area contributed by atoms with E-state index in [0.29, 0.717) is 17.2 Å². The van der Waals surface area contributed by atoms with Gasteiger partial charge in [0.15, 0.2) is 0 Å². The number of rotatable bonds is 5. The van der Waals surface area contributed by atoms with Gasteiger partial charge in [0.1, 0.15) is 10.6 Å². The summed E-state index contributed by atoms with van der Waals surface area (Å²) in [6, 6.07) is 17.8. The standard InChI is InChI=1S/C21H17ClN4O3/c22-18-10-9-15(13-23-18)14-25-11-5-4-8-19(25)24-20(27)21(26(28)29)12-17(21)16-6-2-1-3-7-16/h1-11,13,17H,12,14H2. The highest BCUT2D eigenvalue weighted by Crippen LogP contribution is 2.54.